The number of ether oxygens (including phenoxy) is 1. The van der Waals surface area contributed by atoms with Crippen molar-refractivity contribution in [3.05, 3.63) is 80.4 Å². The number of nitrogens with one attached hydrogen (secondary N) is 1. The average molecular weight is 537 g/mol. The van der Waals surface area contributed by atoms with Crippen LogP contribution >= 0.6 is 34.3 Å². The lowest BCUT2D eigenvalue weighted by molar-refractivity contribution is -0.119. The maximum absolute atomic E-state index is 12.6. The zero-order chi connectivity index (χ0) is 25.4. The Morgan fingerprint density at radius 2 is 1.83 bits per heavy atom. The van der Waals surface area contributed by atoms with Gasteiger partial charge in [0.2, 0.25) is 0 Å². The number of benzene rings is 1. The summed E-state index contributed by atoms with van der Waals surface area (Å²) in [6, 6.07) is 13.7. The molecule has 0 saturated heterocycles. The lowest BCUT2D eigenvalue weighted by Gasteiger charge is -2.14. The molecule has 1 amide bonds. The van der Waals surface area contributed by atoms with Crippen LogP contribution in [0.15, 0.2) is 59.4 Å². The summed E-state index contributed by atoms with van der Waals surface area (Å²) in [6.07, 6.45) is 2.74. The number of aromatic nitrogens is 1. The fraction of sp³-hybridized carbons (Fsp3) is 0.250. The number of pyridine rings is 1. The highest BCUT2D eigenvalue weighted by Gasteiger charge is 2.48. The third-order valence-electron chi connectivity index (χ3n) is 6.74. The van der Waals surface area contributed by atoms with Crippen LogP contribution in [-0.4, -0.2) is 16.9 Å². The third kappa shape index (κ3) is 4.83. The van der Waals surface area contributed by atoms with Crippen LogP contribution < -0.4 is 5.32 Å². The van der Waals surface area contributed by atoms with Crippen molar-refractivity contribution in [2.24, 2.45) is 0 Å². The highest BCUT2D eigenvalue weighted by atomic mass is 35.5. The molecule has 1 fully saturated rings. The molecule has 1 saturated carbocycles. The van der Waals surface area contributed by atoms with E-state index in [2.05, 4.69) is 10.3 Å². The Kier molecular flexibility index (Phi) is 6.72. The predicted octanol–water partition coefficient (Wildman–Crippen LogP) is 8.43. The number of halogens is 1. The van der Waals surface area contributed by atoms with Gasteiger partial charge in [0.1, 0.15) is 11.9 Å². The maximum Gasteiger partial charge on any atom is 0.412 e. The minimum absolute atomic E-state index is 0.233. The Balaban J connectivity index is 1.30. The number of anilines is 1. The van der Waals surface area contributed by atoms with Gasteiger partial charge in [0.25, 0.3) is 0 Å². The minimum atomic E-state index is -0.535. The molecule has 1 N–H and O–H groups in total. The van der Waals surface area contributed by atoms with Crippen molar-refractivity contribution in [3.63, 3.8) is 0 Å². The highest BCUT2D eigenvalue weighted by Crippen LogP contribution is 2.49. The summed E-state index contributed by atoms with van der Waals surface area (Å²) >= 11 is 9.25. The van der Waals surface area contributed by atoms with Crippen molar-refractivity contribution in [3.8, 4) is 21.7 Å². The maximum atomic E-state index is 12.6. The van der Waals surface area contributed by atoms with Gasteiger partial charge >= 0.3 is 6.09 Å². The first kappa shape index (κ1) is 24.7. The van der Waals surface area contributed by atoms with Crippen molar-refractivity contribution >= 4 is 51.8 Å². The van der Waals surface area contributed by atoms with E-state index in [-0.39, 0.29) is 17.3 Å². The molecule has 36 heavy (non-hydrogen) atoms. The van der Waals surface area contributed by atoms with Crippen LogP contribution in [-0.2, 0) is 14.9 Å². The molecule has 0 radical (unpaired) electrons. The summed E-state index contributed by atoms with van der Waals surface area (Å²) in [4.78, 5) is 30.1. The molecule has 1 unspecified atom stereocenters. The fourth-order valence-corrected chi connectivity index (χ4v) is 6.55. The second kappa shape index (κ2) is 9.81. The van der Waals surface area contributed by atoms with Crippen LogP contribution in [0.1, 0.15) is 49.5 Å². The molecule has 0 bridgehead atoms. The van der Waals surface area contributed by atoms with Crippen molar-refractivity contribution in [2.45, 2.75) is 45.1 Å². The number of Topliss-reactive ketones (excluding diaryl/α,β-unsaturated/α-hetero) is 1. The van der Waals surface area contributed by atoms with Gasteiger partial charge in [-0.15, -0.1) is 11.3 Å². The first-order valence-electron chi connectivity index (χ1n) is 11.6. The molecule has 1 aromatic carbocycles. The third-order valence-corrected chi connectivity index (χ3v) is 8.93. The Bertz CT molecular complexity index is 1420. The Labute approximate surface area is 223 Å². The molecule has 1 atom stereocenters. The number of thiophene rings is 2. The van der Waals surface area contributed by atoms with E-state index >= 15 is 0 Å². The van der Waals surface area contributed by atoms with Gasteiger partial charge in [-0.2, -0.15) is 11.3 Å². The van der Waals surface area contributed by atoms with Crippen LogP contribution in [0.3, 0.4) is 0 Å². The lowest BCUT2D eigenvalue weighted by atomic mass is 9.91. The van der Waals surface area contributed by atoms with Crippen LogP contribution in [0.2, 0.25) is 4.34 Å². The van der Waals surface area contributed by atoms with E-state index in [0.717, 1.165) is 51.2 Å². The van der Waals surface area contributed by atoms with Crippen LogP contribution in [0.5, 0.6) is 0 Å². The standard InChI is InChI=1S/C28H25ClN2O3S2/c1-16-14-35-15-22(16)17(2)34-27(33)31-24-12-25(29)36-26(24)20-6-9-23(30-13-20)19-4-7-21(8-5-19)28(10-11-28)18(3)32/h4-9,12-15,17H,10-11H2,1-3H3,(H,31,33). The number of hydrogen-bond acceptors (Lipinski definition) is 6. The van der Waals surface area contributed by atoms with Gasteiger partial charge in [0, 0.05) is 22.9 Å². The largest absolute Gasteiger partial charge is 0.441 e. The lowest BCUT2D eigenvalue weighted by Crippen LogP contribution is -2.16. The minimum Gasteiger partial charge on any atom is -0.441 e. The predicted molar refractivity (Wildman–Crippen MR) is 147 cm³/mol. The molecule has 5 nitrogen and oxygen atoms in total. The van der Waals surface area contributed by atoms with E-state index in [9.17, 15) is 9.59 Å². The first-order chi connectivity index (χ1) is 17.3. The summed E-state index contributed by atoms with van der Waals surface area (Å²) in [5.74, 6) is 0.233. The zero-order valence-corrected chi connectivity index (χ0v) is 22.5. The van der Waals surface area contributed by atoms with Gasteiger partial charge in [-0.25, -0.2) is 4.79 Å². The van der Waals surface area contributed by atoms with E-state index in [0.29, 0.717) is 10.0 Å². The van der Waals surface area contributed by atoms with Crippen molar-refractivity contribution in [1.82, 2.24) is 4.98 Å². The van der Waals surface area contributed by atoms with Gasteiger partial charge in [-0.05, 0) is 73.7 Å². The van der Waals surface area contributed by atoms with Crippen LogP contribution in [0, 0.1) is 6.92 Å². The van der Waals surface area contributed by atoms with Crippen LogP contribution in [0.4, 0.5) is 10.5 Å². The van der Waals surface area contributed by atoms with Gasteiger partial charge in [0.15, 0.2) is 0 Å². The molecule has 3 aromatic heterocycles. The van der Waals surface area contributed by atoms with E-state index < -0.39 is 6.09 Å². The number of amides is 1. The van der Waals surface area contributed by atoms with Gasteiger partial charge < -0.3 is 4.74 Å². The van der Waals surface area contributed by atoms with Crippen molar-refractivity contribution in [2.75, 3.05) is 5.32 Å². The normalized spacial score (nSPS) is 14.8. The first-order valence-corrected chi connectivity index (χ1v) is 13.8. The van der Waals surface area contributed by atoms with E-state index in [4.69, 9.17) is 16.3 Å². The van der Waals surface area contributed by atoms with E-state index in [1.807, 2.05) is 61.0 Å². The molecule has 3 heterocycles. The van der Waals surface area contributed by atoms with E-state index in [1.165, 1.54) is 11.3 Å². The molecule has 8 heteroatoms. The Morgan fingerprint density at radius 3 is 2.42 bits per heavy atom. The van der Waals surface area contributed by atoms with E-state index in [1.54, 1.807) is 30.5 Å². The van der Waals surface area contributed by atoms with Gasteiger partial charge in [-0.1, -0.05) is 35.9 Å². The molecule has 4 aromatic rings. The number of ketones is 1. The van der Waals surface area contributed by atoms with Crippen LogP contribution in [0.25, 0.3) is 21.7 Å². The number of hydrogen-bond donors (Lipinski definition) is 1. The Morgan fingerprint density at radius 1 is 1.11 bits per heavy atom. The topological polar surface area (TPSA) is 68.3 Å². The zero-order valence-electron chi connectivity index (χ0n) is 20.1. The summed E-state index contributed by atoms with van der Waals surface area (Å²) in [7, 11) is 0. The van der Waals surface area contributed by atoms with Crippen molar-refractivity contribution < 1.29 is 14.3 Å². The molecular weight excluding hydrogens is 512 g/mol. The number of nitrogens with zero attached hydrogens (tertiary/aromatic N) is 1. The molecule has 1 aliphatic carbocycles. The summed E-state index contributed by atoms with van der Waals surface area (Å²) in [5.41, 5.74) is 6.14. The SMILES string of the molecule is CC(=O)C1(c2ccc(-c3ccc(-c4sc(Cl)cc4NC(=O)OC(C)c4cscc4C)cn3)cc2)CC1. The smallest absolute Gasteiger partial charge is 0.412 e. The number of rotatable bonds is 7. The second-order valence-electron chi connectivity index (χ2n) is 9.12. The molecule has 0 spiro atoms. The Hall–Kier alpha value is -3.00. The highest BCUT2D eigenvalue weighted by molar-refractivity contribution is 7.20. The average Bonchev–Trinajstić information content (AvgIpc) is 3.45. The van der Waals surface area contributed by atoms with Gasteiger partial charge in [0.05, 0.1) is 26.0 Å². The molecular formula is C28H25ClN2O3S2. The number of carbonyl (C=O) groups is 2. The number of aryl methyl sites for hydroxylation is 1. The molecule has 5 rings (SSSR count). The summed E-state index contributed by atoms with van der Waals surface area (Å²) in [5, 5.41) is 6.86. The quantitative estimate of drug-likeness (QED) is 0.257. The van der Waals surface area contributed by atoms with Gasteiger partial charge in [-0.3, -0.25) is 15.1 Å². The summed E-state index contributed by atoms with van der Waals surface area (Å²) in [6.45, 7) is 5.53. The fourth-order valence-electron chi connectivity index (χ4n) is 4.45. The molecule has 184 valence electrons. The second-order valence-corrected chi connectivity index (χ2v) is 11.6. The molecule has 0 aliphatic heterocycles. The number of carbonyl (C=O) groups excluding carboxylic acids is 2. The summed E-state index contributed by atoms with van der Waals surface area (Å²) < 4.78 is 6.15. The monoisotopic (exact) mass is 536 g/mol. The van der Waals surface area contributed by atoms with Crippen molar-refractivity contribution in [1.29, 1.82) is 0 Å². The molecule has 1 aliphatic rings.